The number of aliphatic imine (C=N–C) groups is 1. The van der Waals surface area contributed by atoms with Gasteiger partial charge >= 0.3 is 0 Å². The second-order valence-electron chi connectivity index (χ2n) is 7.01. The summed E-state index contributed by atoms with van der Waals surface area (Å²) in [5.74, 6) is 1.64. The fourth-order valence-corrected chi connectivity index (χ4v) is 2.83. The van der Waals surface area contributed by atoms with Crippen LogP contribution in [-0.2, 0) is 7.05 Å². The van der Waals surface area contributed by atoms with Gasteiger partial charge in [-0.05, 0) is 45.6 Å². The van der Waals surface area contributed by atoms with Gasteiger partial charge in [0.25, 0.3) is 0 Å². The van der Waals surface area contributed by atoms with Crippen LogP contribution in [0.5, 0.6) is 5.75 Å². The highest BCUT2D eigenvalue weighted by Crippen LogP contribution is 2.16. The second-order valence-corrected chi connectivity index (χ2v) is 7.01. The summed E-state index contributed by atoms with van der Waals surface area (Å²) in [5, 5.41) is 11.0. The average molecular weight is 500 g/mol. The number of ether oxygens (including phenoxy) is 1. The van der Waals surface area contributed by atoms with Crippen molar-refractivity contribution in [1.82, 2.24) is 25.3 Å². The van der Waals surface area contributed by atoms with Crippen LogP contribution < -0.4 is 15.4 Å². The molecule has 2 N–H and O–H groups in total. The predicted molar refractivity (Wildman–Crippen MR) is 126 cm³/mol. The molecule has 2 rings (SSSR count). The smallest absolute Gasteiger partial charge is 0.191 e. The van der Waals surface area contributed by atoms with E-state index in [1.807, 2.05) is 49.2 Å². The van der Waals surface area contributed by atoms with E-state index in [-0.39, 0.29) is 36.1 Å². The van der Waals surface area contributed by atoms with E-state index in [1.54, 1.807) is 7.05 Å². The maximum atomic E-state index is 5.96. The Balaban J connectivity index is 0.00000392. The molecule has 1 aromatic heterocycles. The largest absolute Gasteiger partial charge is 0.489 e. The summed E-state index contributed by atoms with van der Waals surface area (Å²) in [6.45, 7) is 5.49. The summed E-state index contributed by atoms with van der Waals surface area (Å²) in [4.78, 5) is 6.48. The second kappa shape index (κ2) is 11.9. The van der Waals surface area contributed by atoms with Gasteiger partial charge in [0, 0.05) is 32.4 Å². The molecular formula is C20H33IN6O. The quantitative estimate of drug-likeness (QED) is 0.332. The van der Waals surface area contributed by atoms with Crippen molar-refractivity contribution in [2.24, 2.45) is 12.0 Å². The fourth-order valence-electron chi connectivity index (χ4n) is 2.83. The molecule has 0 bridgehead atoms. The van der Waals surface area contributed by atoms with E-state index in [0.29, 0.717) is 6.54 Å². The van der Waals surface area contributed by atoms with E-state index in [1.165, 1.54) is 11.1 Å². The molecule has 1 heterocycles. The molecule has 2 atom stereocenters. The zero-order valence-corrected chi connectivity index (χ0v) is 20.0. The standard InChI is InChI=1S/C20H32N6O.HI/c1-15-8-7-9-18(10-15)27-16(2)11-22-20(21-3)23-13-19(25(4)5)17-12-24-26(6)14-17;/h7-10,12,14,16,19H,11,13H2,1-6H3,(H2,21,22,23);1H. The lowest BCUT2D eigenvalue weighted by atomic mass is 10.1. The number of hydrogen-bond acceptors (Lipinski definition) is 4. The number of hydrogen-bond donors (Lipinski definition) is 2. The molecule has 0 aliphatic heterocycles. The molecule has 0 fully saturated rings. The van der Waals surface area contributed by atoms with Crippen LogP contribution in [0, 0.1) is 6.92 Å². The molecular weight excluding hydrogens is 467 g/mol. The van der Waals surface area contributed by atoms with Crippen LogP contribution in [-0.4, -0.2) is 61.0 Å². The Hall–Kier alpha value is -1.81. The van der Waals surface area contributed by atoms with Gasteiger partial charge in [-0.1, -0.05) is 12.1 Å². The first-order valence-electron chi connectivity index (χ1n) is 9.22. The summed E-state index contributed by atoms with van der Waals surface area (Å²) < 4.78 is 7.78. The molecule has 28 heavy (non-hydrogen) atoms. The predicted octanol–water partition coefficient (Wildman–Crippen LogP) is 2.58. The Morgan fingerprint density at radius 1 is 1.29 bits per heavy atom. The van der Waals surface area contributed by atoms with Gasteiger partial charge in [0.1, 0.15) is 11.9 Å². The number of guanidine groups is 1. The zero-order chi connectivity index (χ0) is 19.8. The van der Waals surface area contributed by atoms with Crippen LogP contribution in [0.4, 0.5) is 0 Å². The minimum absolute atomic E-state index is 0. The van der Waals surface area contributed by atoms with Gasteiger partial charge in [-0.25, -0.2) is 0 Å². The van der Waals surface area contributed by atoms with E-state index in [0.717, 1.165) is 18.3 Å². The van der Waals surface area contributed by atoms with E-state index in [9.17, 15) is 0 Å². The van der Waals surface area contributed by atoms with Crippen LogP contribution in [0.25, 0.3) is 0 Å². The zero-order valence-electron chi connectivity index (χ0n) is 17.6. The molecule has 8 heteroatoms. The maximum absolute atomic E-state index is 5.96. The molecule has 0 radical (unpaired) electrons. The molecule has 0 spiro atoms. The first-order chi connectivity index (χ1) is 12.9. The van der Waals surface area contributed by atoms with Crippen LogP contribution in [0.3, 0.4) is 0 Å². The number of aromatic nitrogens is 2. The highest BCUT2D eigenvalue weighted by molar-refractivity contribution is 14.0. The molecule has 0 saturated heterocycles. The molecule has 1 aromatic carbocycles. The number of nitrogens with zero attached hydrogens (tertiary/aromatic N) is 4. The Morgan fingerprint density at radius 3 is 2.57 bits per heavy atom. The van der Waals surface area contributed by atoms with Crippen molar-refractivity contribution in [2.45, 2.75) is 26.0 Å². The normalized spacial score (nSPS) is 13.6. The van der Waals surface area contributed by atoms with E-state index in [2.05, 4.69) is 52.7 Å². The third-order valence-corrected chi connectivity index (χ3v) is 4.30. The molecule has 2 unspecified atom stereocenters. The van der Waals surface area contributed by atoms with Crippen molar-refractivity contribution in [1.29, 1.82) is 0 Å². The van der Waals surface area contributed by atoms with Crippen LogP contribution in [0.2, 0.25) is 0 Å². The van der Waals surface area contributed by atoms with Crippen molar-refractivity contribution < 1.29 is 4.74 Å². The average Bonchev–Trinajstić information content (AvgIpc) is 3.03. The lowest BCUT2D eigenvalue weighted by Gasteiger charge is -2.25. The Morgan fingerprint density at radius 2 is 2.00 bits per heavy atom. The highest BCUT2D eigenvalue weighted by atomic mass is 127. The molecule has 156 valence electrons. The number of benzene rings is 1. The van der Waals surface area contributed by atoms with Gasteiger partial charge in [-0.3, -0.25) is 9.67 Å². The van der Waals surface area contributed by atoms with Gasteiger partial charge in [-0.15, -0.1) is 24.0 Å². The van der Waals surface area contributed by atoms with Crippen molar-refractivity contribution >= 4 is 29.9 Å². The molecule has 0 amide bonds. The topological polar surface area (TPSA) is 66.7 Å². The van der Waals surface area contributed by atoms with Crippen molar-refractivity contribution in [3.63, 3.8) is 0 Å². The van der Waals surface area contributed by atoms with Gasteiger partial charge in [0.15, 0.2) is 5.96 Å². The monoisotopic (exact) mass is 500 g/mol. The third-order valence-electron chi connectivity index (χ3n) is 4.30. The number of rotatable bonds is 8. The molecule has 0 aliphatic rings. The number of aryl methyl sites for hydroxylation is 2. The summed E-state index contributed by atoms with van der Waals surface area (Å²) in [6, 6.07) is 8.29. The lowest BCUT2D eigenvalue weighted by Crippen LogP contribution is -2.44. The Kier molecular flexibility index (Phi) is 10.3. The van der Waals surface area contributed by atoms with Gasteiger partial charge in [0.05, 0.1) is 18.8 Å². The van der Waals surface area contributed by atoms with Crippen LogP contribution >= 0.6 is 24.0 Å². The summed E-state index contributed by atoms with van der Waals surface area (Å²) in [7, 11) is 7.83. The SMILES string of the molecule is CN=C(NCC(C)Oc1cccc(C)c1)NCC(c1cnn(C)c1)N(C)C.I. The van der Waals surface area contributed by atoms with E-state index < -0.39 is 0 Å². The molecule has 0 aliphatic carbocycles. The summed E-state index contributed by atoms with van der Waals surface area (Å²) >= 11 is 0. The Labute approximate surface area is 185 Å². The number of nitrogens with one attached hydrogen (secondary N) is 2. The third kappa shape index (κ3) is 7.67. The van der Waals surface area contributed by atoms with Crippen LogP contribution in [0.15, 0.2) is 41.7 Å². The highest BCUT2D eigenvalue weighted by Gasteiger charge is 2.16. The molecule has 7 nitrogen and oxygen atoms in total. The minimum atomic E-state index is 0. The molecule has 2 aromatic rings. The van der Waals surface area contributed by atoms with E-state index in [4.69, 9.17) is 4.74 Å². The van der Waals surface area contributed by atoms with Gasteiger partial charge < -0.3 is 20.3 Å². The maximum Gasteiger partial charge on any atom is 0.191 e. The van der Waals surface area contributed by atoms with Crippen molar-refractivity contribution in [3.05, 3.63) is 47.8 Å². The number of halogens is 1. The van der Waals surface area contributed by atoms with Crippen molar-refractivity contribution in [3.8, 4) is 5.75 Å². The van der Waals surface area contributed by atoms with Gasteiger partial charge in [-0.2, -0.15) is 5.10 Å². The number of likely N-dealkylation sites (N-methyl/N-ethyl adjacent to an activating group) is 1. The van der Waals surface area contributed by atoms with E-state index >= 15 is 0 Å². The van der Waals surface area contributed by atoms with Crippen LogP contribution in [0.1, 0.15) is 24.1 Å². The fraction of sp³-hybridized carbons (Fsp3) is 0.500. The van der Waals surface area contributed by atoms with Gasteiger partial charge in [0.2, 0.25) is 0 Å². The molecule has 0 saturated carbocycles. The summed E-state index contributed by atoms with van der Waals surface area (Å²) in [5.41, 5.74) is 2.36. The van der Waals surface area contributed by atoms with Crippen molar-refractivity contribution in [2.75, 3.05) is 34.2 Å². The lowest BCUT2D eigenvalue weighted by molar-refractivity contribution is 0.223. The first kappa shape index (κ1) is 24.2. The minimum Gasteiger partial charge on any atom is -0.489 e. The summed E-state index contributed by atoms with van der Waals surface area (Å²) in [6.07, 6.45) is 3.97. The first-order valence-corrected chi connectivity index (χ1v) is 9.22. The Bertz CT molecular complexity index is 746.